The van der Waals surface area contributed by atoms with E-state index in [0.717, 1.165) is 38.5 Å². The highest BCUT2D eigenvalue weighted by Gasteiger charge is 2.35. The molecular formula is C78H130Cl4N25O14P3. The van der Waals surface area contributed by atoms with Crippen LogP contribution in [0, 0.1) is 0 Å². The number of esters is 2. The molecule has 0 saturated heterocycles. The number of halogens is 4. The largest absolute Gasteiger partial charge is 0.465 e. The smallest absolute Gasteiger partial charge is 0.342 e. The molecule has 46 heteroatoms. The van der Waals surface area contributed by atoms with E-state index in [4.69, 9.17) is 77.4 Å². The maximum absolute atomic E-state index is 13.6. The van der Waals surface area contributed by atoms with E-state index < -0.39 is 52.6 Å². The molecule has 124 heavy (non-hydrogen) atoms. The van der Waals surface area contributed by atoms with Crippen LogP contribution in [0.5, 0.6) is 17.2 Å². The molecule has 12 rings (SSSR count). The number of carbonyl (C=O) groups excluding carboxylic acids is 3. The Bertz CT molecular complexity index is 4700. The molecule has 3 aliphatic rings. The van der Waals surface area contributed by atoms with Gasteiger partial charge in [0.15, 0.2) is 50.9 Å². The van der Waals surface area contributed by atoms with E-state index in [1.54, 1.807) is 133 Å². The van der Waals surface area contributed by atoms with E-state index in [-0.39, 0.29) is 125 Å². The normalized spacial score (nSPS) is 14.6. The molecule has 3 unspecified atom stereocenters. The third kappa shape index (κ3) is 42.2. The molecule has 9 aromatic rings. The van der Waals surface area contributed by atoms with E-state index in [9.17, 15) is 28.1 Å². The summed E-state index contributed by atoms with van der Waals surface area (Å²) in [7, 11) is -10.7. The van der Waals surface area contributed by atoms with Crippen LogP contribution in [0.15, 0.2) is 110 Å². The van der Waals surface area contributed by atoms with Crippen LogP contribution in [0.2, 0.25) is 0 Å². The number of anilines is 6. The van der Waals surface area contributed by atoms with Gasteiger partial charge in [0.2, 0.25) is 17.8 Å². The minimum Gasteiger partial charge on any atom is -0.465 e. The van der Waals surface area contributed by atoms with Crippen molar-refractivity contribution in [3.8, 4) is 17.2 Å². The van der Waals surface area contributed by atoms with Gasteiger partial charge >= 0.3 is 34.5 Å². The maximum atomic E-state index is 13.6. The molecule has 0 amide bonds. The van der Waals surface area contributed by atoms with Crippen molar-refractivity contribution in [1.82, 2.24) is 73.8 Å². The summed E-state index contributed by atoms with van der Waals surface area (Å²) in [6.07, 6.45) is 11.5. The summed E-state index contributed by atoms with van der Waals surface area (Å²) in [5.74, 6) is 2.37. The van der Waals surface area contributed by atoms with Crippen LogP contribution in [0.1, 0.15) is 142 Å². The Hall–Kier alpha value is -8.43. The first kappa shape index (κ1) is 112. The van der Waals surface area contributed by atoms with Crippen molar-refractivity contribution in [1.29, 1.82) is 0 Å². The summed E-state index contributed by atoms with van der Waals surface area (Å²) in [6, 6.07) is 26.4. The lowest BCUT2D eigenvalue weighted by Crippen LogP contribution is -2.35. The molecule has 6 atom stereocenters. The highest BCUT2D eigenvalue weighted by Crippen LogP contribution is 2.46. The zero-order valence-corrected chi connectivity index (χ0v) is 78.9. The molecule has 3 aromatic carbocycles. The van der Waals surface area contributed by atoms with Gasteiger partial charge in [-0.15, -0.1) is 49.6 Å². The van der Waals surface area contributed by atoms with Gasteiger partial charge in [-0.1, -0.05) is 117 Å². The number of rotatable bonds is 39. The number of Topliss-reactive ketones (excluding diaryl/α,β-unsaturated/α-hetero) is 1. The minimum absolute atomic E-state index is 0. The van der Waals surface area contributed by atoms with Gasteiger partial charge in [0.1, 0.15) is 54.2 Å². The van der Waals surface area contributed by atoms with Gasteiger partial charge in [0.05, 0.1) is 58.1 Å². The number of ketones is 1. The van der Waals surface area contributed by atoms with Crippen molar-refractivity contribution >= 4 is 159 Å². The molecule has 39 nitrogen and oxygen atoms in total. The summed E-state index contributed by atoms with van der Waals surface area (Å²) in [4.78, 5) is 75.0. The predicted octanol–water partition coefficient (Wildman–Crippen LogP) is 11.8. The highest BCUT2D eigenvalue weighted by atomic mass is 35.5. The topological polar surface area (TPSA) is 561 Å². The van der Waals surface area contributed by atoms with Crippen molar-refractivity contribution in [3.05, 3.63) is 110 Å². The summed E-state index contributed by atoms with van der Waals surface area (Å²) in [5, 5.41) is 18.3. The Morgan fingerprint density at radius 3 is 0.911 bits per heavy atom. The second kappa shape index (κ2) is 56.6. The second-order valence-corrected chi connectivity index (χ2v) is 35.9. The lowest BCUT2D eigenvalue weighted by atomic mass is 10.3. The van der Waals surface area contributed by atoms with Gasteiger partial charge in [-0.2, -0.15) is 29.9 Å². The Balaban J connectivity index is 0.000000569. The number of hydrogen-bond acceptors (Lipinski definition) is 33. The summed E-state index contributed by atoms with van der Waals surface area (Å²) in [5.41, 5.74) is 41.8. The molecule has 3 fully saturated rings. The molecule has 3 saturated carbocycles. The van der Waals surface area contributed by atoms with Crippen LogP contribution in [-0.4, -0.2) is 189 Å². The van der Waals surface area contributed by atoms with E-state index in [2.05, 4.69) is 76.1 Å². The van der Waals surface area contributed by atoms with E-state index >= 15 is 0 Å². The fraction of sp³-hybridized carbons (Fsp3) is 0.538. The zero-order chi connectivity index (χ0) is 88.1. The number of nitrogens with two attached hydrogens (primary N) is 7. The van der Waals surface area contributed by atoms with Gasteiger partial charge < -0.3 is 107 Å². The zero-order valence-electron chi connectivity index (χ0n) is 73.0. The molecule has 0 bridgehead atoms. The van der Waals surface area contributed by atoms with Gasteiger partial charge in [-0.25, -0.2) is 30.2 Å². The van der Waals surface area contributed by atoms with Crippen LogP contribution >= 0.6 is 72.2 Å². The minimum atomic E-state index is -3.62. The van der Waals surface area contributed by atoms with Gasteiger partial charge in [-0.05, 0) is 140 Å². The number of fused-ring (bicyclic) bond motifs is 3. The van der Waals surface area contributed by atoms with Gasteiger partial charge in [0.25, 0.3) is 0 Å². The number of ether oxygens (including phenoxy) is 5. The third-order valence-corrected chi connectivity index (χ3v) is 21.0. The average Bonchev–Trinajstić information content (AvgIpc) is 1.65. The lowest BCUT2D eigenvalue weighted by molar-refractivity contribution is -0.145. The molecule has 3 aliphatic carbocycles. The maximum Gasteiger partial charge on any atom is 0.342 e. The Morgan fingerprint density at radius 1 is 0.411 bits per heavy atom. The lowest BCUT2D eigenvalue weighted by Gasteiger charge is -2.23. The SMILES string of the molecule is CC(=O)[C@H](C)NP(=O)(COCCn1cnc2c(NC3CC3)nc(N)nc21)Oc1ccccc1.CC(C)N.CC(C)N.CC(C)N.CC(C)N.CCCOC(=O)[C@H](C)NP(=O)(COCCn1cnc2c(NC3CC3)nc(N)nc21)Oc1ccccc1.CCOC(=O)[C@H](C)NP(=O)(COCCn1cnc2c(NC3CC3)nc(N)nc21)Oc1ccccc1.Cl.Cl.Cl.Cl. The monoisotopic (exact) mass is 1870 g/mol. The summed E-state index contributed by atoms with van der Waals surface area (Å²) in [6.45, 7) is 27.7. The standard InChI is InChI=1S/C23H32N7O5P.C22H30N7O5P.C21H28N7O4P.4C3H9N.4ClH/c1-3-12-34-22(31)16(2)29-36(32,35-18-7-5-4-6-8-18)15-33-13-11-30-14-25-19-20(26-17-9-10-17)27-23(24)28-21(19)30;1-3-33-21(30)15(2)28-35(31,34-17-7-5-4-6-8-17)14-32-12-11-29-13-24-18-19(25-16-9-10-16)26-22(23)27-20(18)29;1-14(15(2)29)27-33(30,32-17-6-4-3-5-7-17)13-31-11-10-28-12-23-18-19(24-16-8-9-16)25-21(22)26-20(18)28;4*1-3(2)4;;;;/h4-8,14,16-17H,3,9-13,15H2,1-2H3,(H,29,32)(H3,24,26,27,28);4-8,13,15-16H,3,9-12,14H2,1-2H3,(H,28,31)(H3,23,25,26,27);3-7,12,14,16H,8-11,13H2,1-2H3,(H,27,30)(H3,22,24,25,26);4*3H,4H2,1-2H3;4*1H/t16-,36?;15-,35?;14-,33?;;;;;;;;/m000......../s1. The molecule has 0 aliphatic heterocycles. The quantitative estimate of drug-likeness (QED) is 0.00966. The number of carbonyl (C=O) groups is 3. The second-order valence-electron chi connectivity index (χ2n) is 29.8. The third-order valence-electron chi connectivity index (χ3n) is 15.6. The molecule has 20 N–H and O–H groups in total. The number of nitrogens with one attached hydrogen (secondary N) is 6. The van der Waals surface area contributed by atoms with Crippen LogP contribution in [0.25, 0.3) is 33.5 Å². The highest BCUT2D eigenvalue weighted by molar-refractivity contribution is 7.57. The average molecular weight is 1880 g/mol. The van der Waals surface area contributed by atoms with E-state index in [1.165, 1.54) is 6.92 Å². The molecule has 0 spiro atoms. The summed E-state index contributed by atoms with van der Waals surface area (Å²) >= 11 is 0. The number of nitrogens with zero attached hydrogens (tertiary/aromatic N) is 12. The van der Waals surface area contributed by atoms with Crippen molar-refractivity contribution in [2.75, 3.05) is 85.2 Å². The van der Waals surface area contributed by atoms with Crippen LogP contribution in [0.4, 0.5) is 35.3 Å². The predicted molar refractivity (Wildman–Crippen MR) is 498 cm³/mol. The Kier molecular flexibility index (Phi) is 51.0. The van der Waals surface area contributed by atoms with Crippen molar-refractivity contribution in [3.63, 3.8) is 0 Å². The van der Waals surface area contributed by atoms with Gasteiger partial charge in [-0.3, -0.25) is 28.1 Å². The van der Waals surface area contributed by atoms with E-state index in [1.807, 2.05) is 80.5 Å². The number of nitrogen functional groups attached to an aromatic ring is 3. The molecule has 6 heterocycles. The van der Waals surface area contributed by atoms with Gasteiger partial charge in [0, 0.05) is 37.8 Å². The first-order valence-electron chi connectivity index (χ1n) is 40.2. The van der Waals surface area contributed by atoms with E-state index in [0.29, 0.717) is 137 Å². The summed E-state index contributed by atoms with van der Waals surface area (Å²) < 4.78 is 90.5. The number of para-hydroxylation sites is 3. The van der Waals surface area contributed by atoms with Crippen LogP contribution < -0.4 is 84.9 Å². The number of aromatic nitrogens is 12. The Labute approximate surface area is 750 Å². The molecule has 0 radical (unpaired) electrons. The Morgan fingerprint density at radius 2 is 0.669 bits per heavy atom. The van der Waals surface area contributed by atoms with Crippen molar-refractivity contribution < 1.29 is 65.3 Å². The first-order chi connectivity index (χ1) is 57.0. The van der Waals surface area contributed by atoms with Crippen molar-refractivity contribution in [2.45, 2.75) is 222 Å². The van der Waals surface area contributed by atoms with Crippen LogP contribution in [-0.2, 0) is 71.4 Å². The molecule has 6 aromatic heterocycles. The van der Waals surface area contributed by atoms with Crippen LogP contribution in [0.3, 0.4) is 0 Å². The van der Waals surface area contributed by atoms with Crippen molar-refractivity contribution in [2.24, 2.45) is 22.9 Å². The fourth-order valence-corrected chi connectivity index (χ4v) is 15.1. The fourth-order valence-electron chi connectivity index (χ4n) is 9.88. The number of hydrogen-bond donors (Lipinski definition) is 13. The molecule has 694 valence electrons. The number of imidazole rings is 3. The first-order valence-corrected chi connectivity index (χ1v) is 45.6. The molecular weight excluding hydrogens is 1750 g/mol. The number of benzene rings is 3.